The first-order chi connectivity index (χ1) is 11.8. The van der Waals surface area contributed by atoms with Crippen molar-refractivity contribution < 1.29 is 17.9 Å². The molecule has 1 amide bonds. The highest BCUT2D eigenvalue weighted by Gasteiger charge is 2.22. The lowest BCUT2D eigenvalue weighted by Gasteiger charge is -2.14. The van der Waals surface area contributed by atoms with E-state index in [0.29, 0.717) is 29.5 Å². The maximum atomic E-state index is 12.6. The number of carbonyl (C=O) groups is 1. The number of benzene rings is 2. The van der Waals surface area contributed by atoms with Crippen LogP contribution in [0.4, 0.5) is 5.69 Å². The van der Waals surface area contributed by atoms with Gasteiger partial charge in [-0.2, -0.15) is 0 Å². The lowest BCUT2D eigenvalue weighted by atomic mass is 10.1. The Bertz CT molecular complexity index is 944. The van der Waals surface area contributed by atoms with Crippen LogP contribution in [0.15, 0.2) is 41.3 Å². The van der Waals surface area contributed by atoms with Gasteiger partial charge in [0.2, 0.25) is 0 Å². The van der Waals surface area contributed by atoms with Gasteiger partial charge in [0.15, 0.2) is 0 Å². The van der Waals surface area contributed by atoms with E-state index >= 15 is 0 Å². The second kappa shape index (κ2) is 6.57. The number of hydrogen-bond acceptors (Lipinski definition) is 4. The van der Waals surface area contributed by atoms with E-state index in [9.17, 15) is 13.2 Å². The quantitative estimate of drug-likeness (QED) is 0.888. The zero-order chi connectivity index (χ0) is 18.2. The molecule has 1 aliphatic rings. The Kier molecular flexibility index (Phi) is 4.62. The first-order valence-corrected chi connectivity index (χ1v) is 9.45. The molecular weight excluding hydrogens is 364 g/mol. The van der Waals surface area contributed by atoms with E-state index in [-0.39, 0.29) is 16.5 Å². The van der Waals surface area contributed by atoms with Crippen LogP contribution in [0.5, 0.6) is 5.75 Å². The topological polar surface area (TPSA) is 75.7 Å². The van der Waals surface area contributed by atoms with Gasteiger partial charge in [-0.25, -0.2) is 8.42 Å². The second-order valence-electron chi connectivity index (χ2n) is 5.80. The van der Waals surface area contributed by atoms with Gasteiger partial charge in [-0.3, -0.25) is 9.52 Å². The van der Waals surface area contributed by atoms with Crippen molar-refractivity contribution in [3.8, 4) is 5.75 Å². The van der Waals surface area contributed by atoms with E-state index in [1.54, 1.807) is 32.2 Å². The number of halogens is 1. The SMILES string of the molecule is Cc1ccc(S(=O)(=O)Nc2ccc3c(c2)C(=O)N(C)CCO3)cc1Cl. The van der Waals surface area contributed by atoms with Crippen LogP contribution < -0.4 is 9.46 Å². The van der Waals surface area contributed by atoms with Crippen molar-refractivity contribution in [1.82, 2.24) is 4.90 Å². The molecule has 0 saturated heterocycles. The number of likely N-dealkylation sites (N-methyl/N-ethyl adjacent to an activating group) is 1. The Morgan fingerprint density at radius 2 is 1.96 bits per heavy atom. The van der Waals surface area contributed by atoms with Gasteiger partial charge in [-0.1, -0.05) is 17.7 Å². The summed E-state index contributed by atoms with van der Waals surface area (Å²) in [4.78, 5) is 13.9. The first-order valence-electron chi connectivity index (χ1n) is 7.59. The Morgan fingerprint density at radius 1 is 1.20 bits per heavy atom. The van der Waals surface area contributed by atoms with Crippen LogP contribution in [0.2, 0.25) is 5.02 Å². The zero-order valence-electron chi connectivity index (χ0n) is 13.7. The van der Waals surface area contributed by atoms with Gasteiger partial charge in [-0.15, -0.1) is 0 Å². The van der Waals surface area contributed by atoms with Crippen LogP contribution in [0.3, 0.4) is 0 Å². The molecule has 8 heteroatoms. The number of amides is 1. The summed E-state index contributed by atoms with van der Waals surface area (Å²) in [5, 5.41) is 0.370. The number of sulfonamides is 1. The van der Waals surface area contributed by atoms with Crippen LogP contribution >= 0.6 is 11.6 Å². The minimum absolute atomic E-state index is 0.0535. The summed E-state index contributed by atoms with van der Waals surface area (Å²) in [6.45, 7) is 2.65. The predicted octanol–water partition coefficient (Wildman–Crippen LogP) is 2.91. The standard InChI is InChI=1S/C17H17ClN2O4S/c1-11-3-5-13(10-15(11)18)25(22,23)19-12-4-6-16-14(9-12)17(21)20(2)7-8-24-16/h3-6,9-10,19H,7-8H2,1-2H3. The van der Waals surface area contributed by atoms with Crippen molar-refractivity contribution in [2.24, 2.45) is 0 Å². The maximum absolute atomic E-state index is 12.6. The van der Waals surface area contributed by atoms with E-state index < -0.39 is 10.0 Å². The van der Waals surface area contributed by atoms with Crippen LogP contribution in [0.1, 0.15) is 15.9 Å². The van der Waals surface area contributed by atoms with Crippen molar-refractivity contribution in [2.75, 3.05) is 24.9 Å². The average Bonchev–Trinajstić information content (AvgIpc) is 2.69. The summed E-state index contributed by atoms with van der Waals surface area (Å²) in [5.74, 6) is 0.225. The number of aryl methyl sites for hydroxylation is 1. The molecule has 2 aromatic rings. The van der Waals surface area contributed by atoms with Crippen LogP contribution in [-0.2, 0) is 10.0 Å². The number of carbonyl (C=O) groups excluding carboxylic acids is 1. The second-order valence-corrected chi connectivity index (χ2v) is 7.89. The molecule has 132 valence electrons. The summed E-state index contributed by atoms with van der Waals surface area (Å²) < 4.78 is 33.1. The Labute approximate surface area is 151 Å². The summed E-state index contributed by atoms with van der Waals surface area (Å²) in [6.07, 6.45) is 0. The van der Waals surface area contributed by atoms with Crippen molar-refractivity contribution in [3.63, 3.8) is 0 Å². The predicted molar refractivity (Wildman–Crippen MR) is 95.9 cm³/mol. The largest absolute Gasteiger partial charge is 0.491 e. The third-order valence-corrected chi connectivity index (χ3v) is 5.73. The molecule has 6 nitrogen and oxygen atoms in total. The molecule has 0 aliphatic carbocycles. The number of anilines is 1. The van der Waals surface area contributed by atoms with Crippen molar-refractivity contribution in [1.29, 1.82) is 0 Å². The van der Waals surface area contributed by atoms with Gasteiger partial charge in [0.25, 0.3) is 15.9 Å². The minimum Gasteiger partial charge on any atom is -0.491 e. The molecule has 0 saturated carbocycles. The Hall–Kier alpha value is -2.25. The highest BCUT2D eigenvalue weighted by molar-refractivity contribution is 7.92. The molecule has 25 heavy (non-hydrogen) atoms. The van der Waals surface area contributed by atoms with E-state index in [4.69, 9.17) is 16.3 Å². The van der Waals surface area contributed by atoms with Gasteiger partial charge >= 0.3 is 0 Å². The van der Waals surface area contributed by atoms with Gasteiger partial charge in [0.1, 0.15) is 12.4 Å². The van der Waals surface area contributed by atoms with Crippen molar-refractivity contribution >= 4 is 33.2 Å². The third-order valence-electron chi connectivity index (χ3n) is 3.95. The molecule has 2 aromatic carbocycles. The first kappa shape index (κ1) is 17.6. The number of ether oxygens (including phenoxy) is 1. The summed E-state index contributed by atoms with van der Waals surface area (Å²) in [5.41, 5.74) is 1.39. The van der Waals surface area contributed by atoms with Crippen molar-refractivity contribution in [2.45, 2.75) is 11.8 Å². The molecule has 0 bridgehead atoms. The normalized spacial score (nSPS) is 14.5. The molecule has 0 radical (unpaired) electrons. The van der Waals surface area contributed by atoms with E-state index in [1.165, 1.54) is 23.1 Å². The molecule has 1 N–H and O–H groups in total. The third kappa shape index (κ3) is 3.57. The monoisotopic (exact) mass is 380 g/mol. The van der Waals surface area contributed by atoms with Crippen LogP contribution in [0, 0.1) is 6.92 Å². The van der Waals surface area contributed by atoms with Gasteiger partial charge in [-0.05, 0) is 42.8 Å². The van der Waals surface area contributed by atoms with Gasteiger partial charge in [0, 0.05) is 17.8 Å². The Balaban J connectivity index is 1.94. The smallest absolute Gasteiger partial charge is 0.261 e. The fourth-order valence-electron chi connectivity index (χ4n) is 2.44. The van der Waals surface area contributed by atoms with Crippen LogP contribution in [0.25, 0.3) is 0 Å². The molecular formula is C17H17ClN2O4S. The van der Waals surface area contributed by atoms with Crippen molar-refractivity contribution in [3.05, 3.63) is 52.5 Å². The summed E-state index contributed by atoms with van der Waals surface area (Å²) in [6, 6.07) is 9.14. The lowest BCUT2D eigenvalue weighted by Crippen LogP contribution is -2.27. The number of fused-ring (bicyclic) bond motifs is 1. The van der Waals surface area contributed by atoms with E-state index in [1.807, 2.05) is 0 Å². The van der Waals surface area contributed by atoms with Gasteiger partial charge < -0.3 is 9.64 Å². The highest BCUT2D eigenvalue weighted by atomic mass is 35.5. The minimum atomic E-state index is -3.82. The fourth-order valence-corrected chi connectivity index (χ4v) is 3.76. The summed E-state index contributed by atoms with van der Waals surface area (Å²) in [7, 11) is -2.15. The number of hydrogen-bond donors (Lipinski definition) is 1. The molecule has 0 spiro atoms. The van der Waals surface area contributed by atoms with E-state index in [2.05, 4.69) is 4.72 Å². The lowest BCUT2D eigenvalue weighted by molar-refractivity contribution is 0.0796. The highest BCUT2D eigenvalue weighted by Crippen LogP contribution is 2.28. The molecule has 1 heterocycles. The fraction of sp³-hybridized carbons (Fsp3) is 0.235. The number of nitrogens with one attached hydrogen (secondary N) is 1. The number of rotatable bonds is 3. The Morgan fingerprint density at radius 3 is 2.68 bits per heavy atom. The molecule has 0 aromatic heterocycles. The van der Waals surface area contributed by atoms with Gasteiger partial charge in [0.05, 0.1) is 17.0 Å². The van der Waals surface area contributed by atoms with E-state index in [0.717, 1.165) is 5.56 Å². The molecule has 0 unspecified atom stereocenters. The maximum Gasteiger partial charge on any atom is 0.261 e. The zero-order valence-corrected chi connectivity index (χ0v) is 15.3. The van der Waals surface area contributed by atoms with Crippen LogP contribution in [-0.4, -0.2) is 39.4 Å². The summed E-state index contributed by atoms with van der Waals surface area (Å²) >= 11 is 6.01. The molecule has 3 rings (SSSR count). The number of nitrogens with zero attached hydrogens (tertiary/aromatic N) is 1. The average molecular weight is 381 g/mol. The molecule has 1 aliphatic heterocycles. The molecule has 0 atom stereocenters. The molecule has 0 fully saturated rings.